The predicted octanol–water partition coefficient (Wildman–Crippen LogP) is 2.50. The number of furan rings is 2. The second-order valence-corrected chi connectivity index (χ2v) is 5.63. The van der Waals surface area contributed by atoms with Crippen molar-refractivity contribution in [2.24, 2.45) is 0 Å². The van der Waals surface area contributed by atoms with Crippen LogP contribution in [0.5, 0.6) is 0 Å². The van der Waals surface area contributed by atoms with Gasteiger partial charge in [-0.05, 0) is 37.6 Å². The van der Waals surface area contributed by atoms with Crippen molar-refractivity contribution in [3.63, 3.8) is 0 Å². The summed E-state index contributed by atoms with van der Waals surface area (Å²) < 4.78 is 10.7. The highest BCUT2D eigenvalue weighted by molar-refractivity contribution is 5.95. The van der Waals surface area contributed by atoms with Gasteiger partial charge in [-0.2, -0.15) is 0 Å². The number of rotatable bonds is 8. The SMILES string of the molecule is CC[C@H](C)NC(=O)NC(=O)CN(Cc1ccco1)Cc1ccco1. The van der Waals surface area contributed by atoms with Crippen LogP contribution < -0.4 is 10.6 Å². The van der Waals surface area contributed by atoms with Crippen LogP contribution in [0.1, 0.15) is 31.8 Å². The molecule has 0 aromatic carbocycles. The third-order valence-electron chi connectivity index (χ3n) is 3.53. The molecule has 2 heterocycles. The quantitative estimate of drug-likeness (QED) is 0.775. The maximum absolute atomic E-state index is 12.1. The van der Waals surface area contributed by atoms with E-state index < -0.39 is 6.03 Å². The van der Waals surface area contributed by atoms with Crippen molar-refractivity contribution >= 4 is 11.9 Å². The van der Waals surface area contributed by atoms with Gasteiger partial charge in [0.25, 0.3) is 0 Å². The molecule has 0 aliphatic rings. The molecule has 0 unspecified atom stereocenters. The lowest BCUT2D eigenvalue weighted by Crippen LogP contribution is -2.46. The minimum atomic E-state index is -0.481. The van der Waals surface area contributed by atoms with Gasteiger partial charge in [-0.3, -0.25) is 15.0 Å². The van der Waals surface area contributed by atoms with E-state index >= 15 is 0 Å². The highest BCUT2D eigenvalue weighted by Gasteiger charge is 2.17. The van der Waals surface area contributed by atoms with Crippen LogP contribution in [0.4, 0.5) is 4.79 Å². The standard InChI is InChI=1S/C17H23N3O4/c1-3-13(2)18-17(22)19-16(21)12-20(10-14-6-4-8-23-14)11-15-7-5-9-24-15/h4-9,13H,3,10-12H2,1-2H3,(H2,18,19,21,22)/t13-/m0/s1. The zero-order valence-electron chi connectivity index (χ0n) is 14.0. The molecule has 0 saturated carbocycles. The molecular weight excluding hydrogens is 310 g/mol. The van der Waals surface area contributed by atoms with E-state index in [0.717, 1.165) is 17.9 Å². The first-order chi connectivity index (χ1) is 11.6. The maximum Gasteiger partial charge on any atom is 0.321 e. The monoisotopic (exact) mass is 333 g/mol. The topological polar surface area (TPSA) is 87.7 Å². The van der Waals surface area contributed by atoms with E-state index in [2.05, 4.69) is 10.6 Å². The zero-order valence-corrected chi connectivity index (χ0v) is 14.0. The van der Waals surface area contributed by atoms with E-state index in [1.807, 2.05) is 30.9 Å². The van der Waals surface area contributed by atoms with Gasteiger partial charge in [-0.1, -0.05) is 6.92 Å². The molecule has 2 aromatic rings. The normalized spacial score (nSPS) is 12.1. The summed E-state index contributed by atoms with van der Waals surface area (Å²) in [5.74, 6) is 1.09. The number of carbonyl (C=O) groups is 2. The van der Waals surface area contributed by atoms with Crippen LogP contribution in [-0.4, -0.2) is 29.4 Å². The first-order valence-electron chi connectivity index (χ1n) is 7.94. The number of nitrogens with one attached hydrogen (secondary N) is 2. The molecule has 0 spiro atoms. The molecule has 2 N–H and O–H groups in total. The lowest BCUT2D eigenvalue weighted by Gasteiger charge is -2.19. The van der Waals surface area contributed by atoms with Crippen molar-refractivity contribution in [1.29, 1.82) is 0 Å². The summed E-state index contributed by atoms with van der Waals surface area (Å²) in [6.07, 6.45) is 3.96. The fourth-order valence-electron chi connectivity index (χ4n) is 2.14. The molecule has 0 bridgehead atoms. The number of nitrogens with zero attached hydrogens (tertiary/aromatic N) is 1. The largest absolute Gasteiger partial charge is 0.468 e. The Hall–Kier alpha value is -2.54. The summed E-state index contributed by atoms with van der Waals surface area (Å²) in [6.45, 7) is 4.77. The minimum Gasteiger partial charge on any atom is -0.468 e. The van der Waals surface area contributed by atoms with Gasteiger partial charge < -0.3 is 14.2 Å². The third kappa shape index (κ3) is 5.92. The molecule has 0 aliphatic carbocycles. The zero-order chi connectivity index (χ0) is 17.4. The van der Waals surface area contributed by atoms with Crippen molar-refractivity contribution in [3.05, 3.63) is 48.3 Å². The molecule has 0 saturated heterocycles. The highest BCUT2D eigenvalue weighted by Crippen LogP contribution is 2.10. The number of urea groups is 1. The average Bonchev–Trinajstić information content (AvgIpc) is 3.20. The van der Waals surface area contributed by atoms with Crippen molar-refractivity contribution < 1.29 is 18.4 Å². The molecule has 0 aliphatic heterocycles. The maximum atomic E-state index is 12.1. The molecule has 2 aromatic heterocycles. The Morgan fingerprint density at radius 3 is 2.17 bits per heavy atom. The average molecular weight is 333 g/mol. The van der Waals surface area contributed by atoms with Gasteiger partial charge in [0.2, 0.25) is 5.91 Å². The van der Waals surface area contributed by atoms with Gasteiger partial charge in [0.05, 0.1) is 32.2 Å². The van der Waals surface area contributed by atoms with Crippen LogP contribution in [0.15, 0.2) is 45.6 Å². The van der Waals surface area contributed by atoms with Crippen molar-refractivity contribution in [2.45, 2.75) is 39.4 Å². The van der Waals surface area contributed by atoms with E-state index in [9.17, 15) is 9.59 Å². The van der Waals surface area contributed by atoms with Gasteiger partial charge in [0, 0.05) is 6.04 Å². The third-order valence-corrected chi connectivity index (χ3v) is 3.53. The van der Waals surface area contributed by atoms with Crippen LogP contribution in [0.3, 0.4) is 0 Å². The summed E-state index contributed by atoms with van der Waals surface area (Å²) in [5, 5.41) is 5.04. The van der Waals surface area contributed by atoms with Crippen molar-refractivity contribution in [2.75, 3.05) is 6.54 Å². The molecular formula is C17H23N3O4. The summed E-state index contributed by atoms with van der Waals surface area (Å²) in [7, 11) is 0. The molecule has 24 heavy (non-hydrogen) atoms. The molecule has 7 heteroatoms. The first-order valence-corrected chi connectivity index (χ1v) is 7.94. The molecule has 130 valence electrons. The Morgan fingerprint density at radius 1 is 1.12 bits per heavy atom. The molecule has 7 nitrogen and oxygen atoms in total. The Balaban J connectivity index is 1.91. The van der Waals surface area contributed by atoms with Crippen molar-refractivity contribution in [3.8, 4) is 0 Å². The molecule has 0 radical (unpaired) electrons. The number of hydrogen-bond donors (Lipinski definition) is 2. The number of carbonyl (C=O) groups excluding carboxylic acids is 2. The predicted molar refractivity (Wildman–Crippen MR) is 88.0 cm³/mol. The molecule has 3 amide bonds. The Labute approximate surface area is 141 Å². The van der Waals surface area contributed by atoms with Gasteiger partial charge in [0.1, 0.15) is 11.5 Å². The fraction of sp³-hybridized carbons (Fsp3) is 0.412. The van der Waals surface area contributed by atoms with E-state index in [1.165, 1.54) is 0 Å². The fourth-order valence-corrected chi connectivity index (χ4v) is 2.14. The van der Waals surface area contributed by atoms with E-state index in [1.54, 1.807) is 24.7 Å². The Morgan fingerprint density at radius 2 is 1.71 bits per heavy atom. The molecule has 2 rings (SSSR count). The smallest absolute Gasteiger partial charge is 0.321 e. The van der Waals surface area contributed by atoms with Crippen LogP contribution >= 0.6 is 0 Å². The second kappa shape index (κ2) is 8.93. The van der Waals surface area contributed by atoms with Gasteiger partial charge in [0.15, 0.2) is 0 Å². The highest BCUT2D eigenvalue weighted by atomic mass is 16.3. The Bertz CT molecular complexity index is 586. The number of imide groups is 1. The van der Waals surface area contributed by atoms with E-state index in [0.29, 0.717) is 13.1 Å². The van der Waals surface area contributed by atoms with E-state index in [4.69, 9.17) is 8.83 Å². The lowest BCUT2D eigenvalue weighted by atomic mass is 10.3. The summed E-state index contributed by atoms with van der Waals surface area (Å²) >= 11 is 0. The van der Waals surface area contributed by atoms with Gasteiger partial charge >= 0.3 is 6.03 Å². The van der Waals surface area contributed by atoms with Crippen LogP contribution in [0.25, 0.3) is 0 Å². The summed E-state index contributed by atoms with van der Waals surface area (Å²) in [6, 6.07) is 6.79. The number of hydrogen-bond acceptors (Lipinski definition) is 5. The van der Waals surface area contributed by atoms with E-state index in [-0.39, 0.29) is 18.5 Å². The summed E-state index contributed by atoms with van der Waals surface area (Å²) in [4.78, 5) is 25.7. The Kier molecular flexibility index (Phi) is 6.62. The first kappa shape index (κ1) is 17.8. The molecule has 1 atom stereocenters. The lowest BCUT2D eigenvalue weighted by molar-refractivity contribution is -0.121. The van der Waals surface area contributed by atoms with Crippen LogP contribution in [0.2, 0.25) is 0 Å². The van der Waals surface area contributed by atoms with Gasteiger partial charge in [-0.25, -0.2) is 4.79 Å². The summed E-state index contributed by atoms with van der Waals surface area (Å²) in [5.41, 5.74) is 0. The second-order valence-electron chi connectivity index (χ2n) is 5.63. The van der Waals surface area contributed by atoms with Crippen LogP contribution in [-0.2, 0) is 17.9 Å². The number of amides is 3. The minimum absolute atomic E-state index is 0.0140. The van der Waals surface area contributed by atoms with Crippen molar-refractivity contribution in [1.82, 2.24) is 15.5 Å². The van der Waals surface area contributed by atoms with Gasteiger partial charge in [-0.15, -0.1) is 0 Å². The molecule has 0 fully saturated rings. The van der Waals surface area contributed by atoms with Crippen LogP contribution in [0, 0.1) is 0 Å².